The Bertz CT molecular complexity index is 572. The molecule has 0 saturated carbocycles. The van der Waals surface area contributed by atoms with E-state index in [9.17, 15) is 9.59 Å². The third kappa shape index (κ3) is 3.43. The van der Waals surface area contributed by atoms with Crippen molar-refractivity contribution in [3.63, 3.8) is 0 Å². The topological polar surface area (TPSA) is 43.9 Å². The Morgan fingerprint density at radius 2 is 1.65 bits per heavy atom. The predicted molar refractivity (Wildman–Crippen MR) is 91.8 cm³/mol. The maximum atomic E-state index is 12.5. The fourth-order valence-electron chi connectivity index (χ4n) is 3.42. The highest BCUT2D eigenvalue weighted by Gasteiger charge is 2.31. The lowest BCUT2D eigenvalue weighted by molar-refractivity contribution is -0.135. The molecule has 0 aromatic carbocycles. The van der Waals surface area contributed by atoms with Crippen LogP contribution in [-0.2, 0) is 4.79 Å². The normalized spacial score (nSPS) is 20.8. The molecule has 5 nitrogen and oxygen atoms in total. The van der Waals surface area contributed by atoms with Gasteiger partial charge in [0.1, 0.15) is 0 Å². The van der Waals surface area contributed by atoms with Crippen LogP contribution in [0.5, 0.6) is 0 Å². The molecule has 0 spiro atoms. The van der Waals surface area contributed by atoms with Crippen LogP contribution in [0.2, 0.25) is 0 Å². The van der Waals surface area contributed by atoms with Crippen molar-refractivity contribution in [3.05, 3.63) is 21.9 Å². The first kappa shape index (κ1) is 16.5. The average molecular weight is 335 g/mol. The van der Waals surface area contributed by atoms with Crippen molar-refractivity contribution in [1.29, 1.82) is 0 Å². The van der Waals surface area contributed by atoms with Gasteiger partial charge in [0.2, 0.25) is 5.91 Å². The number of rotatable bonds is 3. The molecule has 2 aliphatic heterocycles. The standard InChI is InChI=1S/C17H25N3O2S/c1-13-11-23-12-15(13)17(22)20-9-7-18(8-10-20)14(2)16(21)19-5-3-4-6-19/h11-12,14H,3-10H2,1-2H3. The minimum atomic E-state index is -0.0757. The molecule has 2 amide bonds. The molecule has 1 aromatic rings. The number of hydrogen-bond acceptors (Lipinski definition) is 4. The van der Waals surface area contributed by atoms with Crippen LogP contribution >= 0.6 is 11.3 Å². The number of thiophene rings is 1. The van der Waals surface area contributed by atoms with Crippen molar-refractivity contribution in [1.82, 2.24) is 14.7 Å². The summed E-state index contributed by atoms with van der Waals surface area (Å²) in [5, 5.41) is 3.95. The van der Waals surface area contributed by atoms with Gasteiger partial charge in [0, 0.05) is 44.6 Å². The molecular formula is C17H25N3O2S. The molecular weight excluding hydrogens is 310 g/mol. The second-order valence-electron chi connectivity index (χ2n) is 6.51. The summed E-state index contributed by atoms with van der Waals surface area (Å²) in [6.45, 7) is 8.73. The van der Waals surface area contributed by atoms with E-state index >= 15 is 0 Å². The number of amides is 2. The highest BCUT2D eigenvalue weighted by Crippen LogP contribution is 2.18. The van der Waals surface area contributed by atoms with E-state index in [4.69, 9.17) is 0 Å². The van der Waals surface area contributed by atoms with Crippen LogP contribution in [0.4, 0.5) is 0 Å². The number of carbonyl (C=O) groups is 2. The number of aryl methyl sites for hydroxylation is 1. The second kappa shape index (κ2) is 7.01. The third-order valence-electron chi connectivity index (χ3n) is 5.01. The highest BCUT2D eigenvalue weighted by atomic mass is 32.1. The van der Waals surface area contributed by atoms with Gasteiger partial charge in [-0.15, -0.1) is 0 Å². The van der Waals surface area contributed by atoms with Crippen molar-refractivity contribution in [2.45, 2.75) is 32.7 Å². The first-order chi connectivity index (χ1) is 11.1. The SMILES string of the molecule is Cc1cscc1C(=O)N1CCN(C(C)C(=O)N2CCCC2)CC1. The average Bonchev–Trinajstić information content (AvgIpc) is 3.24. The van der Waals surface area contributed by atoms with Crippen LogP contribution in [0.25, 0.3) is 0 Å². The molecule has 0 radical (unpaired) electrons. The van der Waals surface area contributed by atoms with Crippen LogP contribution in [0.1, 0.15) is 35.7 Å². The lowest BCUT2D eigenvalue weighted by Crippen LogP contribution is -2.55. The molecule has 3 heterocycles. The minimum absolute atomic E-state index is 0.0757. The van der Waals surface area contributed by atoms with E-state index in [1.807, 2.05) is 34.4 Å². The maximum Gasteiger partial charge on any atom is 0.255 e. The van der Waals surface area contributed by atoms with E-state index in [1.54, 1.807) is 11.3 Å². The van der Waals surface area contributed by atoms with E-state index in [-0.39, 0.29) is 17.9 Å². The quantitative estimate of drug-likeness (QED) is 0.846. The number of likely N-dealkylation sites (tertiary alicyclic amines) is 1. The summed E-state index contributed by atoms with van der Waals surface area (Å²) in [4.78, 5) is 31.1. The Labute approximate surface area is 141 Å². The van der Waals surface area contributed by atoms with E-state index in [1.165, 1.54) is 0 Å². The molecule has 1 atom stereocenters. The summed E-state index contributed by atoms with van der Waals surface area (Å²) in [6, 6.07) is -0.0757. The minimum Gasteiger partial charge on any atom is -0.341 e. The van der Waals surface area contributed by atoms with Crippen molar-refractivity contribution in [2.75, 3.05) is 39.3 Å². The molecule has 1 aromatic heterocycles. The van der Waals surface area contributed by atoms with Gasteiger partial charge in [0.05, 0.1) is 11.6 Å². The number of hydrogen-bond donors (Lipinski definition) is 0. The number of carbonyl (C=O) groups excluding carboxylic acids is 2. The largest absolute Gasteiger partial charge is 0.341 e. The summed E-state index contributed by atoms with van der Waals surface area (Å²) < 4.78 is 0. The van der Waals surface area contributed by atoms with Gasteiger partial charge < -0.3 is 9.80 Å². The molecule has 1 unspecified atom stereocenters. The second-order valence-corrected chi connectivity index (χ2v) is 7.25. The van der Waals surface area contributed by atoms with E-state index in [0.29, 0.717) is 13.1 Å². The summed E-state index contributed by atoms with van der Waals surface area (Å²) in [5.41, 5.74) is 1.88. The first-order valence-corrected chi connectivity index (χ1v) is 9.37. The molecule has 0 bridgehead atoms. The zero-order valence-corrected chi connectivity index (χ0v) is 14.8. The van der Waals surface area contributed by atoms with Gasteiger partial charge in [-0.1, -0.05) is 0 Å². The van der Waals surface area contributed by atoms with Gasteiger partial charge in [0.25, 0.3) is 5.91 Å². The zero-order valence-electron chi connectivity index (χ0n) is 14.0. The van der Waals surface area contributed by atoms with Gasteiger partial charge >= 0.3 is 0 Å². The molecule has 3 rings (SSSR count). The molecule has 23 heavy (non-hydrogen) atoms. The van der Waals surface area contributed by atoms with Crippen LogP contribution in [0, 0.1) is 6.92 Å². The van der Waals surface area contributed by atoms with Crippen molar-refractivity contribution in [2.24, 2.45) is 0 Å². The Hall–Kier alpha value is -1.40. The van der Waals surface area contributed by atoms with Gasteiger partial charge in [-0.25, -0.2) is 0 Å². The van der Waals surface area contributed by atoms with E-state index < -0.39 is 0 Å². The molecule has 2 fully saturated rings. The summed E-state index contributed by atoms with van der Waals surface area (Å²) in [7, 11) is 0. The van der Waals surface area contributed by atoms with Gasteiger partial charge in [-0.3, -0.25) is 14.5 Å². The fraction of sp³-hybridized carbons (Fsp3) is 0.647. The Kier molecular flexibility index (Phi) is 5.02. The third-order valence-corrected chi connectivity index (χ3v) is 5.87. The molecule has 2 saturated heterocycles. The monoisotopic (exact) mass is 335 g/mol. The van der Waals surface area contributed by atoms with Crippen molar-refractivity contribution >= 4 is 23.2 Å². The molecule has 126 valence electrons. The summed E-state index contributed by atoms with van der Waals surface area (Å²) >= 11 is 1.57. The first-order valence-electron chi connectivity index (χ1n) is 8.43. The smallest absolute Gasteiger partial charge is 0.255 e. The lowest BCUT2D eigenvalue weighted by Gasteiger charge is -2.38. The van der Waals surface area contributed by atoms with Gasteiger partial charge in [0.15, 0.2) is 0 Å². The lowest BCUT2D eigenvalue weighted by atomic mass is 10.1. The molecule has 0 N–H and O–H groups in total. The van der Waals surface area contributed by atoms with Crippen molar-refractivity contribution in [3.8, 4) is 0 Å². The number of piperazine rings is 1. The fourth-order valence-corrected chi connectivity index (χ4v) is 4.24. The highest BCUT2D eigenvalue weighted by molar-refractivity contribution is 7.08. The van der Waals surface area contributed by atoms with Crippen LogP contribution in [0.15, 0.2) is 10.8 Å². The summed E-state index contributed by atoms with van der Waals surface area (Å²) in [6.07, 6.45) is 2.25. The Morgan fingerprint density at radius 1 is 1.00 bits per heavy atom. The Balaban J connectivity index is 1.54. The van der Waals surface area contributed by atoms with E-state index in [0.717, 1.165) is 50.1 Å². The van der Waals surface area contributed by atoms with Crippen molar-refractivity contribution < 1.29 is 9.59 Å². The van der Waals surface area contributed by atoms with Crippen LogP contribution in [0.3, 0.4) is 0 Å². The molecule has 6 heteroatoms. The number of nitrogens with zero attached hydrogens (tertiary/aromatic N) is 3. The van der Waals surface area contributed by atoms with Gasteiger partial charge in [-0.05, 0) is 37.6 Å². The summed E-state index contributed by atoms with van der Waals surface area (Å²) in [5.74, 6) is 0.373. The van der Waals surface area contributed by atoms with Crippen LogP contribution < -0.4 is 0 Å². The van der Waals surface area contributed by atoms with Gasteiger partial charge in [-0.2, -0.15) is 11.3 Å². The maximum absolute atomic E-state index is 12.5. The Morgan fingerprint density at radius 3 is 2.22 bits per heavy atom. The zero-order chi connectivity index (χ0) is 16.4. The van der Waals surface area contributed by atoms with Crippen LogP contribution in [-0.4, -0.2) is 71.8 Å². The van der Waals surface area contributed by atoms with E-state index in [2.05, 4.69) is 4.90 Å². The molecule has 0 aliphatic carbocycles. The molecule has 2 aliphatic rings. The predicted octanol–water partition coefficient (Wildman–Crippen LogP) is 1.83.